The summed E-state index contributed by atoms with van der Waals surface area (Å²) in [6.07, 6.45) is 1.84. The number of benzene rings is 1. The Labute approximate surface area is 169 Å². The summed E-state index contributed by atoms with van der Waals surface area (Å²) < 4.78 is 13.3. The Morgan fingerprint density at radius 3 is 2.82 bits per heavy atom. The first-order chi connectivity index (χ1) is 13.5. The van der Waals surface area contributed by atoms with Crippen LogP contribution in [0.1, 0.15) is 49.1 Å². The Morgan fingerprint density at radius 1 is 1.29 bits per heavy atom. The first-order valence-electron chi connectivity index (χ1n) is 9.72. The number of aromatic nitrogens is 3. The van der Waals surface area contributed by atoms with Crippen LogP contribution in [0, 0.1) is 0 Å². The van der Waals surface area contributed by atoms with Crippen molar-refractivity contribution in [1.82, 2.24) is 19.7 Å². The highest BCUT2D eigenvalue weighted by molar-refractivity contribution is 6.32. The molecule has 3 heterocycles. The highest BCUT2D eigenvalue weighted by Gasteiger charge is 2.41. The van der Waals surface area contributed by atoms with Crippen molar-refractivity contribution in [2.45, 2.75) is 38.2 Å². The fourth-order valence-corrected chi connectivity index (χ4v) is 4.03. The first-order valence-corrected chi connectivity index (χ1v) is 10.1. The summed E-state index contributed by atoms with van der Waals surface area (Å²) in [7, 11) is 0. The Hall–Kier alpha value is -1.96. The molecule has 2 saturated heterocycles. The van der Waals surface area contributed by atoms with Crippen molar-refractivity contribution in [1.29, 1.82) is 0 Å². The third kappa shape index (κ3) is 3.66. The summed E-state index contributed by atoms with van der Waals surface area (Å²) in [5, 5.41) is 5.10. The van der Waals surface area contributed by atoms with E-state index in [0.29, 0.717) is 37.2 Å². The fourth-order valence-electron chi connectivity index (χ4n) is 3.81. The van der Waals surface area contributed by atoms with Gasteiger partial charge in [-0.2, -0.15) is 0 Å². The normalized spacial score (nSPS) is 22.8. The highest BCUT2D eigenvalue weighted by atomic mass is 35.5. The van der Waals surface area contributed by atoms with Crippen molar-refractivity contribution < 1.29 is 14.3 Å². The van der Waals surface area contributed by atoms with Crippen LogP contribution in [-0.2, 0) is 9.47 Å². The standard InChI is InChI=1S/C20H25ClN4O3/c1-14(2)18-22-17(23-25(18)16-7-4-3-6-15(16)21)19(26)24-9-11-28-20(12-24)8-5-10-27-13-20/h3-4,6-7,14H,5,8-13H2,1-2H3. The predicted molar refractivity (Wildman–Crippen MR) is 105 cm³/mol. The molecule has 0 saturated carbocycles. The van der Waals surface area contributed by atoms with E-state index in [1.54, 1.807) is 15.6 Å². The quantitative estimate of drug-likeness (QED) is 0.786. The van der Waals surface area contributed by atoms with Crippen molar-refractivity contribution >= 4 is 17.5 Å². The van der Waals surface area contributed by atoms with Gasteiger partial charge in [-0.1, -0.05) is 37.6 Å². The number of rotatable bonds is 3. The van der Waals surface area contributed by atoms with E-state index in [4.69, 9.17) is 21.1 Å². The Morgan fingerprint density at radius 2 is 2.11 bits per heavy atom. The molecule has 1 spiro atoms. The SMILES string of the molecule is CC(C)c1nc(C(=O)N2CCOC3(CCCOC3)C2)nn1-c1ccccc1Cl. The van der Waals surface area contributed by atoms with Gasteiger partial charge in [-0.3, -0.25) is 4.79 Å². The average molecular weight is 405 g/mol. The minimum atomic E-state index is -0.404. The van der Waals surface area contributed by atoms with Crippen molar-refractivity contribution in [2.24, 2.45) is 0 Å². The maximum atomic E-state index is 13.2. The molecule has 1 atom stereocenters. The number of hydrogen-bond acceptors (Lipinski definition) is 5. The summed E-state index contributed by atoms with van der Waals surface area (Å²) >= 11 is 6.36. The summed E-state index contributed by atoms with van der Waals surface area (Å²) in [6.45, 7) is 6.85. The third-order valence-corrected chi connectivity index (χ3v) is 5.56. The van der Waals surface area contributed by atoms with Gasteiger partial charge in [0.2, 0.25) is 5.82 Å². The number of ether oxygens (including phenoxy) is 2. The van der Waals surface area contributed by atoms with Crippen LogP contribution in [0.3, 0.4) is 0 Å². The molecular formula is C20H25ClN4O3. The highest BCUT2D eigenvalue weighted by Crippen LogP contribution is 2.29. The number of nitrogens with zero attached hydrogens (tertiary/aromatic N) is 4. The van der Waals surface area contributed by atoms with Crippen molar-refractivity contribution in [3.05, 3.63) is 40.9 Å². The Kier molecular flexibility index (Phi) is 5.40. The van der Waals surface area contributed by atoms with E-state index in [9.17, 15) is 4.79 Å². The van der Waals surface area contributed by atoms with Crippen LogP contribution < -0.4 is 0 Å². The fraction of sp³-hybridized carbons (Fsp3) is 0.550. The minimum absolute atomic E-state index is 0.0908. The van der Waals surface area contributed by atoms with Gasteiger partial charge in [0.05, 0.1) is 30.5 Å². The molecule has 0 aliphatic carbocycles. The van der Waals surface area contributed by atoms with Gasteiger partial charge < -0.3 is 14.4 Å². The zero-order valence-electron chi connectivity index (χ0n) is 16.2. The van der Waals surface area contributed by atoms with Crippen molar-refractivity contribution in [3.8, 4) is 5.69 Å². The topological polar surface area (TPSA) is 69.5 Å². The van der Waals surface area contributed by atoms with Gasteiger partial charge in [0.15, 0.2) is 0 Å². The molecule has 1 unspecified atom stereocenters. The van der Waals surface area contributed by atoms with Crippen LogP contribution >= 0.6 is 11.6 Å². The monoisotopic (exact) mass is 404 g/mol. The molecule has 1 aromatic heterocycles. The predicted octanol–water partition coefficient (Wildman–Crippen LogP) is 3.07. The number of carbonyl (C=O) groups excluding carboxylic acids is 1. The van der Waals surface area contributed by atoms with E-state index in [2.05, 4.69) is 10.1 Å². The number of hydrogen-bond donors (Lipinski definition) is 0. The summed E-state index contributed by atoms with van der Waals surface area (Å²) in [6, 6.07) is 7.44. The van der Waals surface area contributed by atoms with E-state index in [1.165, 1.54) is 0 Å². The lowest BCUT2D eigenvalue weighted by molar-refractivity contribution is -0.160. The van der Waals surface area contributed by atoms with E-state index in [1.807, 2.05) is 32.0 Å². The van der Waals surface area contributed by atoms with Crippen LogP contribution in [0.2, 0.25) is 5.02 Å². The lowest BCUT2D eigenvalue weighted by Gasteiger charge is -2.44. The molecule has 2 fully saturated rings. The van der Waals surface area contributed by atoms with E-state index in [0.717, 1.165) is 25.1 Å². The first kappa shape index (κ1) is 19.4. The second-order valence-electron chi connectivity index (χ2n) is 7.73. The molecule has 150 valence electrons. The largest absolute Gasteiger partial charge is 0.378 e. The minimum Gasteiger partial charge on any atom is -0.378 e. The molecule has 28 heavy (non-hydrogen) atoms. The lowest BCUT2D eigenvalue weighted by atomic mass is 9.94. The number of amides is 1. The smallest absolute Gasteiger partial charge is 0.293 e. The molecule has 2 aliphatic rings. The molecule has 8 heteroatoms. The van der Waals surface area contributed by atoms with Gasteiger partial charge in [0, 0.05) is 19.1 Å². The molecule has 0 N–H and O–H groups in total. The zero-order valence-corrected chi connectivity index (χ0v) is 17.0. The molecule has 2 aromatic rings. The molecule has 1 amide bonds. The van der Waals surface area contributed by atoms with Gasteiger partial charge in [-0.05, 0) is 25.0 Å². The molecule has 0 radical (unpaired) electrons. The van der Waals surface area contributed by atoms with Crippen LogP contribution in [0.5, 0.6) is 0 Å². The van der Waals surface area contributed by atoms with Gasteiger partial charge in [0.25, 0.3) is 5.91 Å². The van der Waals surface area contributed by atoms with Crippen LogP contribution in [-0.4, -0.2) is 64.1 Å². The molecular weight excluding hydrogens is 380 g/mol. The van der Waals surface area contributed by atoms with Gasteiger partial charge in [-0.25, -0.2) is 9.67 Å². The van der Waals surface area contributed by atoms with E-state index >= 15 is 0 Å². The van der Waals surface area contributed by atoms with E-state index in [-0.39, 0.29) is 17.6 Å². The second-order valence-corrected chi connectivity index (χ2v) is 8.13. The zero-order chi connectivity index (χ0) is 19.7. The van der Waals surface area contributed by atoms with Crippen molar-refractivity contribution in [2.75, 3.05) is 32.9 Å². The summed E-state index contributed by atoms with van der Waals surface area (Å²) in [4.78, 5) is 19.5. The summed E-state index contributed by atoms with van der Waals surface area (Å²) in [5.74, 6) is 0.812. The van der Waals surface area contributed by atoms with Gasteiger partial charge in [-0.15, -0.1) is 5.10 Å². The maximum absolute atomic E-state index is 13.2. The Balaban J connectivity index is 1.63. The number of morpholine rings is 1. The van der Waals surface area contributed by atoms with Gasteiger partial charge >= 0.3 is 0 Å². The lowest BCUT2D eigenvalue weighted by Crippen LogP contribution is -2.57. The van der Waals surface area contributed by atoms with Crippen LogP contribution in [0.4, 0.5) is 0 Å². The maximum Gasteiger partial charge on any atom is 0.293 e. The second kappa shape index (κ2) is 7.81. The molecule has 7 nitrogen and oxygen atoms in total. The van der Waals surface area contributed by atoms with Crippen molar-refractivity contribution in [3.63, 3.8) is 0 Å². The molecule has 4 rings (SSSR count). The molecule has 0 bridgehead atoms. The van der Waals surface area contributed by atoms with E-state index < -0.39 is 5.60 Å². The van der Waals surface area contributed by atoms with Gasteiger partial charge in [0.1, 0.15) is 11.4 Å². The number of halogens is 1. The van der Waals surface area contributed by atoms with Crippen LogP contribution in [0.15, 0.2) is 24.3 Å². The molecule has 2 aliphatic heterocycles. The summed E-state index contributed by atoms with van der Waals surface area (Å²) in [5.41, 5.74) is 0.316. The average Bonchev–Trinajstić information content (AvgIpc) is 3.14. The number of para-hydroxylation sites is 1. The third-order valence-electron chi connectivity index (χ3n) is 5.24. The molecule has 1 aromatic carbocycles. The number of carbonyl (C=O) groups is 1. The van der Waals surface area contributed by atoms with Crippen LogP contribution in [0.25, 0.3) is 5.69 Å². The Bertz CT molecular complexity index is 855.